The average Bonchev–Trinajstić information content (AvgIpc) is 3.52. The third-order valence-corrected chi connectivity index (χ3v) is 7.99. The number of nitrogens with two attached hydrogens (primary N) is 1. The first kappa shape index (κ1) is 28.2. The number of carbonyl (C=O) groups excluding carboxylic acids is 1. The number of amides is 2. The third-order valence-electron chi connectivity index (χ3n) is 6.72. The molecule has 2 aromatic carbocycles. The van der Waals surface area contributed by atoms with Crippen LogP contribution < -0.4 is 16.4 Å². The van der Waals surface area contributed by atoms with Crippen molar-refractivity contribution in [1.29, 1.82) is 0 Å². The Balaban J connectivity index is 1.41. The van der Waals surface area contributed by atoms with Crippen molar-refractivity contribution in [3.63, 3.8) is 0 Å². The van der Waals surface area contributed by atoms with Crippen molar-refractivity contribution in [3.8, 4) is 11.1 Å². The molecule has 3 heterocycles. The standard InChI is InChI=1S/C25H22F5N7O3S/c1-41(39,40)36-7-6-14(11-36)21-10-16(22-23(31)32-12-33-37(21)22)13-2-5-19(18(27)8-13)34-24(38)35-20-9-15(25(28,29)30)3-4-17(20)26/h2-5,8-10,12,14H,6-7,11H2,1H3,(H2,31,32,33)(H2,34,35,38). The van der Waals surface area contributed by atoms with Crippen LogP contribution >= 0.6 is 0 Å². The van der Waals surface area contributed by atoms with Crippen molar-refractivity contribution in [1.82, 2.24) is 18.9 Å². The molecule has 4 N–H and O–H groups in total. The van der Waals surface area contributed by atoms with Crippen molar-refractivity contribution < 1.29 is 35.2 Å². The maximum atomic E-state index is 15.1. The van der Waals surface area contributed by atoms with Gasteiger partial charge in [0.1, 0.15) is 23.5 Å². The minimum absolute atomic E-state index is 0.101. The van der Waals surface area contributed by atoms with Gasteiger partial charge in [-0.25, -0.2) is 35.8 Å². The maximum absolute atomic E-state index is 15.1. The van der Waals surface area contributed by atoms with Gasteiger partial charge < -0.3 is 16.4 Å². The molecule has 5 rings (SSSR count). The van der Waals surface area contributed by atoms with Gasteiger partial charge >= 0.3 is 12.2 Å². The van der Waals surface area contributed by atoms with E-state index in [4.69, 9.17) is 5.73 Å². The summed E-state index contributed by atoms with van der Waals surface area (Å²) in [4.78, 5) is 16.4. The Morgan fingerprint density at radius 3 is 2.44 bits per heavy atom. The van der Waals surface area contributed by atoms with Gasteiger partial charge in [-0.15, -0.1) is 0 Å². The zero-order chi connectivity index (χ0) is 29.7. The first-order valence-corrected chi connectivity index (χ1v) is 13.9. The highest BCUT2D eigenvalue weighted by Crippen LogP contribution is 2.37. The molecule has 1 saturated heterocycles. The summed E-state index contributed by atoms with van der Waals surface area (Å²) in [5.74, 6) is -2.12. The Morgan fingerprint density at radius 2 is 1.78 bits per heavy atom. The summed E-state index contributed by atoms with van der Waals surface area (Å²) in [5.41, 5.74) is 5.70. The van der Waals surface area contributed by atoms with Crippen LogP contribution in [0, 0.1) is 11.6 Å². The Hall–Kier alpha value is -4.31. The molecular weight excluding hydrogens is 573 g/mol. The molecule has 0 radical (unpaired) electrons. The number of hydrogen-bond donors (Lipinski definition) is 3. The number of nitrogen functional groups attached to an aromatic ring is 1. The van der Waals surface area contributed by atoms with E-state index < -0.39 is 45.1 Å². The van der Waals surface area contributed by atoms with E-state index in [9.17, 15) is 30.8 Å². The van der Waals surface area contributed by atoms with E-state index in [0.29, 0.717) is 53.5 Å². The minimum atomic E-state index is -4.76. The molecule has 1 atom stereocenters. The van der Waals surface area contributed by atoms with Gasteiger partial charge in [0, 0.05) is 30.3 Å². The number of urea groups is 1. The summed E-state index contributed by atoms with van der Waals surface area (Å²) in [7, 11) is -3.40. The molecule has 2 amide bonds. The lowest BCUT2D eigenvalue weighted by molar-refractivity contribution is -0.137. The predicted octanol–water partition coefficient (Wildman–Crippen LogP) is 4.67. The molecule has 2 aromatic heterocycles. The topological polar surface area (TPSA) is 135 Å². The van der Waals surface area contributed by atoms with Crippen molar-refractivity contribution in [2.24, 2.45) is 0 Å². The van der Waals surface area contributed by atoms with E-state index in [2.05, 4.69) is 15.4 Å². The summed E-state index contributed by atoms with van der Waals surface area (Å²) in [6.07, 6.45) is -1.85. The molecule has 1 aliphatic heterocycles. The highest BCUT2D eigenvalue weighted by atomic mass is 32.2. The van der Waals surface area contributed by atoms with Gasteiger partial charge in [0.05, 0.1) is 23.2 Å². The van der Waals surface area contributed by atoms with Crippen molar-refractivity contribution in [2.45, 2.75) is 18.5 Å². The lowest BCUT2D eigenvalue weighted by Crippen LogP contribution is -2.27. The van der Waals surface area contributed by atoms with Gasteiger partial charge in [0.15, 0.2) is 5.82 Å². The number of nitrogens with zero attached hydrogens (tertiary/aromatic N) is 4. The highest BCUT2D eigenvalue weighted by molar-refractivity contribution is 7.88. The summed E-state index contributed by atoms with van der Waals surface area (Å²) in [6.45, 7) is 0.557. The van der Waals surface area contributed by atoms with E-state index in [1.165, 1.54) is 27.3 Å². The number of sulfonamides is 1. The van der Waals surface area contributed by atoms with Crippen molar-refractivity contribution in [3.05, 3.63) is 71.7 Å². The zero-order valence-corrected chi connectivity index (χ0v) is 22.0. The largest absolute Gasteiger partial charge is 0.416 e. The summed E-state index contributed by atoms with van der Waals surface area (Å²) >= 11 is 0. The van der Waals surface area contributed by atoms with E-state index in [1.807, 2.05) is 5.32 Å². The Labute approximate surface area is 230 Å². The number of aromatic nitrogens is 3. The fourth-order valence-corrected chi connectivity index (χ4v) is 5.62. The molecule has 1 unspecified atom stereocenters. The van der Waals surface area contributed by atoms with Gasteiger partial charge in [0.25, 0.3) is 0 Å². The molecule has 4 aromatic rings. The smallest absolute Gasteiger partial charge is 0.382 e. The number of hydrogen-bond acceptors (Lipinski definition) is 6. The summed E-state index contributed by atoms with van der Waals surface area (Å²) in [6, 6.07) is 5.86. The lowest BCUT2D eigenvalue weighted by Gasteiger charge is -2.13. The lowest BCUT2D eigenvalue weighted by atomic mass is 10.0. The summed E-state index contributed by atoms with van der Waals surface area (Å²) < 4.78 is 94.9. The van der Waals surface area contributed by atoms with Crippen LogP contribution in [0.4, 0.5) is 43.9 Å². The molecule has 16 heteroatoms. The molecule has 41 heavy (non-hydrogen) atoms. The van der Waals surface area contributed by atoms with Crippen LogP contribution in [0.3, 0.4) is 0 Å². The van der Waals surface area contributed by atoms with Crippen LogP contribution in [-0.2, 0) is 16.2 Å². The molecular formula is C25H22F5N7O3S. The van der Waals surface area contributed by atoms with Gasteiger partial charge in [0.2, 0.25) is 10.0 Å². The molecule has 0 saturated carbocycles. The van der Waals surface area contributed by atoms with Crippen LogP contribution in [0.25, 0.3) is 16.6 Å². The first-order valence-electron chi connectivity index (χ1n) is 12.0. The Kier molecular flexibility index (Phi) is 7.07. The molecule has 216 valence electrons. The van der Waals surface area contributed by atoms with Crippen LogP contribution in [0.5, 0.6) is 0 Å². The maximum Gasteiger partial charge on any atom is 0.416 e. The Morgan fingerprint density at radius 1 is 1.05 bits per heavy atom. The first-order chi connectivity index (χ1) is 19.2. The van der Waals surface area contributed by atoms with Gasteiger partial charge in [-0.1, -0.05) is 6.07 Å². The quantitative estimate of drug-likeness (QED) is 0.287. The molecule has 10 nitrogen and oxygen atoms in total. The van der Waals surface area contributed by atoms with Crippen LogP contribution in [0.2, 0.25) is 0 Å². The monoisotopic (exact) mass is 595 g/mol. The van der Waals surface area contributed by atoms with Crippen molar-refractivity contribution in [2.75, 3.05) is 35.7 Å². The number of nitrogens with one attached hydrogen (secondary N) is 2. The molecule has 0 spiro atoms. The fraction of sp³-hybridized carbons (Fsp3) is 0.240. The summed E-state index contributed by atoms with van der Waals surface area (Å²) in [5, 5.41) is 8.37. The number of carbonyl (C=O) groups is 1. The molecule has 1 fully saturated rings. The van der Waals surface area contributed by atoms with Crippen LogP contribution in [0.1, 0.15) is 23.6 Å². The number of anilines is 3. The second-order valence-corrected chi connectivity index (χ2v) is 11.4. The number of fused-ring (bicyclic) bond motifs is 1. The van der Waals surface area contributed by atoms with Crippen LogP contribution in [-0.4, -0.2) is 52.7 Å². The van der Waals surface area contributed by atoms with Gasteiger partial charge in [-0.2, -0.15) is 18.3 Å². The number of rotatable bonds is 5. The Bertz CT molecular complexity index is 1780. The van der Waals surface area contributed by atoms with E-state index in [-0.39, 0.29) is 24.0 Å². The fourth-order valence-electron chi connectivity index (χ4n) is 4.73. The third kappa shape index (κ3) is 5.65. The van der Waals surface area contributed by atoms with E-state index in [1.54, 1.807) is 6.07 Å². The van der Waals surface area contributed by atoms with Gasteiger partial charge in [-0.05, 0) is 48.4 Å². The number of benzene rings is 2. The van der Waals surface area contributed by atoms with E-state index in [0.717, 1.165) is 12.3 Å². The SMILES string of the molecule is CS(=O)(=O)N1CCC(c2cc(-c3ccc(NC(=O)Nc4cc(C(F)(F)F)ccc4F)c(F)c3)c3c(N)ncnn23)C1. The molecule has 1 aliphatic rings. The minimum Gasteiger partial charge on any atom is -0.382 e. The average molecular weight is 596 g/mol. The molecule has 0 bridgehead atoms. The normalized spacial score (nSPS) is 16.3. The van der Waals surface area contributed by atoms with Gasteiger partial charge in [-0.3, -0.25) is 0 Å². The highest BCUT2D eigenvalue weighted by Gasteiger charge is 2.33. The molecule has 0 aliphatic carbocycles. The second-order valence-electron chi connectivity index (χ2n) is 9.46. The zero-order valence-electron chi connectivity index (χ0n) is 21.2. The second kappa shape index (κ2) is 10.3. The number of alkyl halides is 3. The van der Waals surface area contributed by atoms with E-state index >= 15 is 4.39 Å². The van der Waals surface area contributed by atoms with Crippen molar-refractivity contribution >= 4 is 38.8 Å². The van der Waals surface area contributed by atoms with Crippen LogP contribution in [0.15, 0.2) is 48.8 Å². The number of halogens is 5. The predicted molar refractivity (Wildman–Crippen MR) is 141 cm³/mol.